The van der Waals surface area contributed by atoms with Crippen molar-refractivity contribution in [3.05, 3.63) is 17.4 Å². The van der Waals surface area contributed by atoms with Crippen molar-refractivity contribution in [3.8, 4) is 17.3 Å². The largest absolute Gasteiger partial charge is 0.464 e. The van der Waals surface area contributed by atoms with Gasteiger partial charge < -0.3 is 15.0 Å². The number of hydrogen-bond acceptors (Lipinski definition) is 7. The van der Waals surface area contributed by atoms with Crippen molar-refractivity contribution in [2.24, 2.45) is 0 Å². The van der Waals surface area contributed by atoms with Crippen LogP contribution in [0, 0.1) is 0 Å². The smallest absolute Gasteiger partial charge is 0.443 e. The lowest BCUT2D eigenvalue weighted by Gasteiger charge is -2.32. The molecule has 1 aliphatic rings. The summed E-state index contributed by atoms with van der Waals surface area (Å²) in [4.78, 5) is 13.8. The lowest BCUT2D eigenvalue weighted by atomic mass is 10.2. The number of halogens is 3. The molecule has 0 unspecified atom stereocenters. The Morgan fingerprint density at radius 2 is 2.08 bits per heavy atom. The van der Waals surface area contributed by atoms with Crippen molar-refractivity contribution < 1.29 is 17.9 Å². The summed E-state index contributed by atoms with van der Waals surface area (Å²) < 4.78 is 44.7. The fourth-order valence-electron chi connectivity index (χ4n) is 2.59. The zero-order chi connectivity index (χ0) is 18.0. The fourth-order valence-corrected chi connectivity index (χ4v) is 3.59. The van der Waals surface area contributed by atoms with E-state index in [1.807, 2.05) is 11.8 Å². The Morgan fingerprint density at radius 1 is 1.36 bits per heavy atom. The quantitative estimate of drug-likeness (QED) is 0.889. The molecule has 1 N–H and O–H groups in total. The summed E-state index contributed by atoms with van der Waals surface area (Å²) in [6.45, 7) is 6.16. The van der Waals surface area contributed by atoms with E-state index in [1.54, 1.807) is 6.92 Å². The first-order valence-electron chi connectivity index (χ1n) is 7.90. The SMILES string of the molecule is CCOc1ncc(-c2nc(C(F)(F)F)sc2N2CCN[C@H](C)C2)cn1. The highest BCUT2D eigenvalue weighted by molar-refractivity contribution is 7.16. The maximum absolute atomic E-state index is 13.2. The van der Waals surface area contributed by atoms with Gasteiger partial charge in [0.1, 0.15) is 10.7 Å². The summed E-state index contributed by atoms with van der Waals surface area (Å²) in [6, 6.07) is 0.379. The van der Waals surface area contributed by atoms with Gasteiger partial charge in [0.15, 0.2) is 0 Å². The number of nitrogens with one attached hydrogen (secondary N) is 1. The first-order chi connectivity index (χ1) is 11.9. The van der Waals surface area contributed by atoms with Crippen LogP contribution in [0.25, 0.3) is 11.3 Å². The molecule has 6 nitrogen and oxygen atoms in total. The molecule has 1 atom stereocenters. The van der Waals surface area contributed by atoms with Gasteiger partial charge in [-0.2, -0.15) is 13.2 Å². The first kappa shape index (κ1) is 17.9. The van der Waals surface area contributed by atoms with Crippen molar-refractivity contribution >= 4 is 16.3 Å². The molecule has 0 bridgehead atoms. The van der Waals surface area contributed by atoms with Crippen LogP contribution >= 0.6 is 11.3 Å². The number of anilines is 1. The van der Waals surface area contributed by atoms with Crippen LogP contribution in [0.1, 0.15) is 18.9 Å². The molecular formula is C15H18F3N5OS. The van der Waals surface area contributed by atoms with Gasteiger partial charge in [-0.1, -0.05) is 11.3 Å². The van der Waals surface area contributed by atoms with E-state index in [0.717, 1.165) is 0 Å². The van der Waals surface area contributed by atoms with E-state index in [1.165, 1.54) is 12.4 Å². The fraction of sp³-hybridized carbons (Fsp3) is 0.533. The van der Waals surface area contributed by atoms with Crippen LogP contribution in [0.4, 0.5) is 18.2 Å². The van der Waals surface area contributed by atoms with Gasteiger partial charge >= 0.3 is 12.2 Å². The summed E-state index contributed by atoms with van der Waals surface area (Å²) in [6.07, 6.45) is -1.59. The zero-order valence-corrected chi connectivity index (χ0v) is 14.6. The first-order valence-corrected chi connectivity index (χ1v) is 8.71. The Kier molecular flexibility index (Phi) is 5.09. The van der Waals surface area contributed by atoms with Crippen molar-refractivity contribution in [1.29, 1.82) is 0 Å². The van der Waals surface area contributed by atoms with Crippen LogP contribution in [-0.4, -0.2) is 47.2 Å². The Labute approximate surface area is 147 Å². The Bertz CT molecular complexity index is 719. The molecule has 2 aromatic rings. The summed E-state index contributed by atoms with van der Waals surface area (Å²) in [5.41, 5.74) is 0.700. The van der Waals surface area contributed by atoms with Crippen molar-refractivity contribution in [1.82, 2.24) is 20.3 Å². The highest BCUT2D eigenvalue weighted by Crippen LogP contribution is 2.42. The monoisotopic (exact) mass is 373 g/mol. The second kappa shape index (κ2) is 7.12. The minimum absolute atomic E-state index is 0.189. The number of rotatable bonds is 4. The van der Waals surface area contributed by atoms with Crippen LogP contribution in [0.2, 0.25) is 0 Å². The molecule has 1 saturated heterocycles. The molecular weight excluding hydrogens is 355 g/mol. The number of aromatic nitrogens is 3. The molecule has 25 heavy (non-hydrogen) atoms. The van der Waals surface area contributed by atoms with E-state index in [2.05, 4.69) is 20.3 Å². The van der Waals surface area contributed by atoms with Crippen LogP contribution in [0.5, 0.6) is 6.01 Å². The molecule has 0 aromatic carbocycles. The van der Waals surface area contributed by atoms with E-state index >= 15 is 0 Å². The van der Waals surface area contributed by atoms with Crippen LogP contribution in [0.3, 0.4) is 0 Å². The minimum Gasteiger partial charge on any atom is -0.464 e. The highest BCUT2D eigenvalue weighted by Gasteiger charge is 2.37. The molecule has 10 heteroatoms. The molecule has 1 aliphatic heterocycles. The topological polar surface area (TPSA) is 63.2 Å². The molecule has 0 amide bonds. The number of piperazine rings is 1. The number of alkyl halides is 3. The van der Waals surface area contributed by atoms with Crippen molar-refractivity contribution in [3.63, 3.8) is 0 Å². The third-order valence-electron chi connectivity index (χ3n) is 3.68. The molecule has 0 radical (unpaired) electrons. The van der Waals surface area contributed by atoms with Crippen molar-refractivity contribution in [2.75, 3.05) is 31.1 Å². The number of nitrogens with zero attached hydrogens (tertiary/aromatic N) is 4. The minimum atomic E-state index is -4.48. The molecule has 0 spiro atoms. The van der Waals surface area contributed by atoms with Gasteiger partial charge in [-0.25, -0.2) is 15.0 Å². The normalized spacial score (nSPS) is 18.4. The summed E-state index contributed by atoms with van der Waals surface area (Å²) in [7, 11) is 0. The number of hydrogen-bond donors (Lipinski definition) is 1. The number of thiazole rings is 1. The summed E-state index contributed by atoms with van der Waals surface area (Å²) in [5, 5.41) is 2.91. The van der Waals surface area contributed by atoms with Crippen LogP contribution in [0.15, 0.2) is 12.4 Å². The standard InChI is InChI=1S/C15H18F3N5OS/c1-3-24-14-20-6-10(7-21-14)11-12(23-5-4-19-9(2)8-23)25-13(22-11)15(16,17)18/h6-7,9,19H,3-5,8H2,1-2H3/t9-/m1/s1. The van der Waals surface area contributed by atoms with Gasteiger partial charge in [-0.05, 0) is 13.8 Å². The molecule has 0 aliphatic carbocycles. The second-order valence-corrected chi connectivity index (χ2v) is 6.64. The van der Waals surface area contributed by atoms with Gasteiger partial charge in [-0.3, -0.25) is 0 Å². The zero-order valence-electron chi connectivity index (χ0n) is 13.8. The maximum atomic E-state index is 13.2. The maximum Gasteiger partial charge on any atom is 0.443 e. The highest BCUT2D eigenvalue weighted by atomic mass is 32.1. The van der Waals surface area contributed by atoms with Crippen molar-refractivity contribution in [2.45, 2.75) is 26.1 Å². The predicted octanol–water partition coefficient (Wildman–Crippen LogP) is 2.82. The Hall–Kier alpha value is -1.94. The van der Waals surface area contributed by atoms with Gasteiger partial charge in [0.2, 0.25) is 5.01 Å². The predicted molar refractivity (Wildman–Crippen MR) is 89.0 cm³/mol. The second-order valence-electron chi connectivity index (χ2n) is 5.66. The third-order valence-corrected chi connectivity index (χ3v) is 4.84. The van der Waals surface area contributed by atoms with E-state index in [-0.39, 0.29) is 17.7 Å². The van der Waals surface area contributed by atoms with E-state index in [4.69, 9.17) is 4.74 Å². The Morgan fingerprint density at radius 3 is 2.68 bits per heavy atom. The molecule has 2 aromatic heterocycles. The van der Waals surface area contributed by atoms with E-state index in [0.29, 0.717) is 48.1 Å². The van der Waals surface area contributed by atoms with E-state index in [9.17, 15) is 13.2 Å². The van der Waals surface area contributed by atoms with Gasteiger partial charge in [0.25, 0.3) is 0 Å². The Balaban J connectivity index is 1.99. The molecule has 1 fully saturated rings. The molecule has 136 valence electrons. The van der Waals surface area contributed by atoms with Gasteiger partial charge in [0.05, 0.1) is 6.61 Å². The summed E-state index contributed by atoms with van der Waals surface area (Å²) in [5.74, 6) is 0. The molecule has 3 rings (SSSR count). The molecule has 0 saturated carbocycles. The van der Waals surface area contributed by atoms with Crippen LogP contribution < -0.4 is 15.0 Å². The average molecular weight is 373 g/mol. The molecule has 3 heterocycles. The van der Waals surface area contributed by atoms with E-state index < -0.39 is 11.2 Å². The lowest BCUT2D eigenvalue weighted by molar-refractivity contribution is -0.137. The van der Waals surface area contributed by atoms with Crippen LogP contribution in [-0.2, 0) is 6.18 Å². The average Bonchev–Trinajstić information content (AvgIpc) is 3.01. The third kappa shape index (κ3) is 4.01. The van der Waals surface area contributed by atoms with Gasteiger partial charge in [0, 0.05) is 43.6 Å². The lowest BCUT2D eigenvalue weighted by Crippen LogP contribution is -2.49. The summed E-state index contributed by atoms with van der Waals surface area (Å²) >= 11 is 0.660. The number of ether oxygens (including phenoxy) is 1. The van der Waals surface area contributed by atoms with Gasteiger partial charge in [-0.15, -0.1) is 0 Å².